The maximum Gasteiger partial charge on any atom is 0.335 e. The number of carboxylic acids is 1. The van der Waals surface area contributed by atoms with Crippen molar-refractivity contribution in [1.29, 1.82) is 0 Å². The second-order valence-electron chi connectivity index (χ2n) is 7.50. The minimum absolute atomic E-state index is 0.201. The summed E-state index contributed by atoms with van der Waals surface area (Å²) in [7, 11) is 0. The van der Waals surface area contributed by atoms with Gasteiger partial charge in [0.25, 0.3) is 5.56 Å². The number of hydrogen-bond acceptors (Lipinski definition) is 4. The van der Waals surface area contributed by atoms with Gasteiger partial charge in [-0.2, -0.15) is 0 Å². The molecular weight excluding hydrogens is 406 g/mol. The molecule has 0 unspecified atom stereocenters. The van der Waals surface area contributed by atoms with Crippen molar-refractivity contribution < 1.29 is 14.3 Å². The Morgan fingerprint density at radius 3 is 2.47 bits per heavy atom. The van der Waals surface area contributed by atoms with Crippen molar-refractivity contribution in [2.75, 3.05) is 0 Å². The Morgan fingerprint density at radius 1 is 1.00 bits per heavy atom. The molecule has 7 nitrogen and oxygen atoms in total. The number of benzene rings is 2. The van der Waals surface area contributed by atoms with Crippen molar-refractivity contribution in [2.45, 2.75) is 12.8 Å². The van der Waals surface area contributed by atoms with Gasteiger partial charge in [-0.25, -0.2) is 9.78 Å². The molecule has 0 atom stereocenters. The third-order valence-corrected chi connectivity index (χ3v) is 5.34. The second-order valence-corrected chi connectivity index (χ2v) is 7.50. The molecule has 2 aliphatic rings. The first-order chi connectivity index (χ1) is 15.6. The molecule has 0 saturated heterocycles. The van der Waals surface area contributed by atoms with Crippen LogP contribution in [0.25, 0.3) is 17.1 Å². The standard InChI is InChI=1S/C25H19N3O4/c29-24-21(14-19-7-4-12-32-19)27-23-20(13-16-5-2-1-3-6-16)26-22(15-28(23)24)17-8-10-18(11-9-17)25(30)31/h1-12,15,26H,13-14H2,(H,30,31). The van der Waals surface area contributed by atoms with E-state index in [2.05, 4.69) is 9.97 Å². The number of H-pyrrole nitrogens is 1. The van der Waals surface area contributed by atoms with Gasteiger partial charge in [0, 0.05) is 12.6 Å². The van der Waals surface area contributed by atoms with Crippen LogP contribution in [0.4, 0.5) is 0 Å². The van der Waals surface area contributed by atoms with Crippen LogP contribution in [-0.4, -0.2) is 25.6 Å². The van der Waals surface area contributed by atoms with Crippen LogP contribution in [0.15, 0.2) is 88.4 Å². The summed E-state index contributed by atoms with van der Waals surface area (Å²) in [6.07, 6.45) is 4.15. The van der Waals surface area contributed by atoms with Gasteiger partial charge in [-0.1, -0.05) is 42.5 Å². The number of carboxylic acid groups (broad SMARTS) is 1. The van der Waals surface area contributed by atoms with Crippen LogP contribution < -0.4 is 5.56 Å². The van der Waals surface area contributed by atoms with Crippen molar-refractivity contribution in [3.63, 3.8) is 0 Å². The van der Waals surface area contributed by atoms with E-state index in [4.69, 9.17) is 4.42 Å². The Balaban J connectivity index is 1.64. The topological polar surface area (TPSA) is 101 Å². The third-order valence-electron chi connectivity index (χ3n) is 5.34. The predicted molar refractivity (Wildman–Crippen MR) is 119 cm³/mol. The monoisotopic (exact) mass is 425 g/mol. The fourth-order valence-electron chi connectivity index (χ4n) is 3.73. The molecule has 158 valence electrons. The largest absolute Gasteiger partial charge is 0.478 e. The van der Waals surface area contributed by atoms with Crippen LogP contribution in [0, 0.1) is 0 Å². The maximum absolute atomic E-state index is 13.2. The Labute approximate surface area is 183 Å². The van der Waals surface area contributed by atoms with Crippen LogP contribution in [-0.2, 0) is 12.8 Å². The zero-order valence-electron chi connectivity index (χ0n) is 17.0. The van der Waals surface area contributed by atoms with E-state index in [0.29, 0.717) is 35.8 Å². The van der Waals surface area contributed by atoms with E-state index in [9.17, 15) is 14.7 Å². The number of aromatic amines is 1. The van der Waals surface area contributed by atoms with Crippen LogP contribution in [0.3, 0.4) is 0 Å². The molecule has 2 N–H and O–H groups in total. The maximum atomic E-state index is 13.2. The number of nitrogens with zero attached hydrogens (tertiary/aromatic N) is 2. The predicted octanol–water partition coefficient (Wildman–Crippen LogP) is 4.14. The zero-order chi connectivity index (χ0) is 22.1. The minimum atomic E-state index is -0.986. The molecule has 1 aromatic heterocycles. The molecule has 0 aliphatic carbocycles. The minimum Gasteiger partial charge on any atom is -0.478 e. The lowest BCUT2D eigenvalue weighted by atomic mass is 10.1. The molecule has 2 aromatic carbocycles. The molecule has 3 aromatic rings. The van der Waals surface area contributed by atoms with E-state index in [1.54, 1.807) is 47.4 Å². The summed E-state index contributed by atoms with van der Waals surface area (Å²) >= 11 is 0. The van der Waals surface area contributed by atoms with Gasteiger partial charge in [-0.3, -0.25) is 9.36 Å². The Hall–Kier alpha value is -4.39. The van der Waals surface area contributed by atoms with Crippen molar-refractivity contribution in [3.05, 3.63) is 118 Å². The average Bonchev–Trinajstić information content (AvgIpc) is 3.43. The first-order valence-electron chi connectivity index (χ1n) is 10.1. The number of aromatic nitrogens is 3. The van der Waals surface area contributed by atoms with Crippen molar-refractivity contribution in [2.24, 2.45) is 0 Å². The Kier molecular flexibility index (Phi) is 4.91. The lowest BCUT2D eigenvalue weighted by Gasteiger charge is -2.13. The van der Waals surface area contributed by atoms with Gasteiger partial charge in [0.2, 0.25) is 0 Å². The average molecular weight is 425 g/mol. The van der Waals surface area contributed by atoms with Crippen molar-refractivity contribution in [3.8, 4) is 17.1 Å². The van der Waals surface area contributed by atoms with Gasteiger partial charge in [0.1, 0.15) is 11.5 Å². The normalized spacial score (nSPS) is 11.1. The number of imidazole rings is 1. The van der Waals surface area contributed by atoms with Gasteiger partial charge < -0.3 is 14.5 Å². The number of rotatable bonds is 6. The fraction of sp³-hybridized carbons (Fsp3) is 0.0800. The summed E-state index contributed by atoms with van der Waals surface area (Å²) in [6.45, 7) is 0. The van der Waals surface area contributed by atoms with Crippen LogP contribution >= 0.6 is 0 Å². The number of carbonyl (C=O) groups is 1. The molecule has 0 radical (unpaired) electrons. The number of aromatic carboxylic acids is 1. The summed E-state index contributed by atoms with van der Waals surface area (Å²) in [5.41, 5.74) is 3.73. The van der Waals surface area contributed by atoms with Gasteiger partial charge >= 0.3 is 5.97 Å². The van der Waals surface area contributed by atoms with Gasteiger partial charge in [0.15, 0.2) is 5.82 Å². The van der Waals surface area contributed by atoms with Gasteiger partial charge in [-0.15, -0.1) is 0 Å². The summed E-state index contributed by atoms with van der Waals surface area (Å²) in [5.74, 6) is 0.245. The molecule has 0 bridgehead atoms. The molecule has 3 heterocycles. The highest BCUT2D eigenvalue weighted by atomic mass is 16.4. The molecule has 7 heteroatoms. The van der Waals surface area contributed by atoms with Crippen molar-refractivity contribution in [1.82, 2.24) is 14.5 Å². The fourth-order valence-corrected chi connectivity index (χ4v) is 3.73. The molecule has 2 aliphatic heterocycles. The van der Waals surface area contributed by atoms with E-state index >= 15 is 0 Å². The van der Waals surface area contributed by atoms with E-state index in [1.165, 1.54) is 0 Å². The molecule has 0 saturated carbocycles. The molecular formula is C25H19N3O4. The van der Waals surface area contributed by atoms with E-state index in [1.807, 2.05) is 36.4 Å². The molecule has 0 fully saturated rings. The van der Waals surface area contributed by atoms with Crippen LogP contribution in [0.5, 0.6) is 0 Å². The Morgan fingerprint density at radius 2 is 1.78 bits per heavy atom. The zero-order valence-corrected chi connectivity index (χ0v) is 17.0. The summed E-state index contributed by atoms with van der Waals surface area (Å²) in [4.78, 5) is 32.4. The first kappa shape index (κ1) is 19.6. The van der Waals surface area contributed by atoms with E-state index in [0.717, 1.165) is 16.8 Å². The highest BCUT2D eigenvalue weighted by molar-refractivity contribution is 5.88. The number of furan rings is 1. The summed E-state index contributed by atoms with van der Waals surface area (Å²) < 4.78 is 6.94. The first-order valence-corrected chi connectivity index (χ1v) is 10.1. The van der Waals surface area contributed by atoms with E-state index in [-0.39, 0.29) is 11.1 Å². The lowest BCUT2D eigenvalue weighted by molar-refractivity contribution is 0.0697. The Bertz CT molecular complexity index is 1400. The van der Waals surface area contributed by atoms with Crippen LogP contribution in [0.2, 0.25) is 0 Å². The SMILES string of the molecule is O=C(O)c1ccc(-c2cn3c(=O)c(Cc4ccco4)nc-3c(Cc3ccccc3)[nH]2)cc1. The molecule has 0 spiro atoms. The number of nitrogens with one attached hydrogen (secondary N) is 1. The van der Waals surface area contributed by atoms with Crippen molar-refractivity contribution >= 4 is 5.97 Å². The molecule has 32 heavy (non-hydrogen) atoms. The lowest BCUT2D eigenvalue weighted by Crippen LogP contribution is -2.17. The third kappa shape index (κ3) is 3.72. The van der Waals surface area contributed by atoms with Crippen LogP contribution in [0.1, 0.15) is 33.1 Å². The van der Waals surface area contributed by atoms with Gasteiger partial charge in [0.05, 0.1) is 29.6 Å². The highest BCUT2D eigenvalue weighted by Gasteiger charge is 2.21. The number of hydrogen-bond donors (Lipinski definition) is 2. The summed E-state index contributed by atoms with van der Waals surface area (Å²) in [5, 5.41) is 9.17. The molecule has 0 amide bonds. The van der Waals surface area contributed by atoms with E-state index < -0.39 is 5.97 Å². The second kappa shape index (κ2) is 8.03. The number of fused-ring (bicyclic) bond motifs is 1. The molecule has 5 rings (SSSR count). The smallest absolute Gasteiger partial charge is 0.335 e. The summed E-state index contributed by atoms with van der Waals surface area (Å²) in [6, 6.07) is 20.0. The quantitative estimate of drug-likeness (QED) is 0.426. The highest BCUT2D eigenvalue weighted by Crippen LogP contribution is 2.24. The van der Waals surface area contributed by atoms with Gasteiger partial charge in [-0.05, 0) is 35.4 Å².